The average molecular weight is 226 g/mol. The van der Waals surface area contributed by atoms with Gasteiger partial charge in [-0.3, -0.25) is 0 Å². The first-order valence-corrected chi connectivity index (χ1v) is 6.40. The Hall–Kier alpha value is -0.660. The minimum atomic E-state index is 0.789. The number of aromatic nitrogens is 1. The van der Waals surface area contributed by atoms with Gasteiger partial charge in [-0.15, -0.1) is 29.5 Å². The molecule has 0 aliphatic heterocycles. The van der Waals surface area contributed by atoms with Crippen LogP contribution in [0.25, 0.3) is 0 Å². The van der Waals surface area contributed by atoms with Crippen LogP contribution in [-0.2, 0) is 0 Å². The van der Waals surface area contributed by atoms with Gasteiger partial charge in [-0.05, 0) is 13.8 Å². The molecule has 76 valence electrons. The van der Waals surface area contributed by atoms with Crippen molar-refractivity contribution >= 4 is 28.2 Å². The van der Waals surface area contributed by atoms with Crippen molar-refractivity contribution < 1.29 is 0 Å². The fraction of sp³-hybridized carbons (Fsp3) is 0.500. The van der Waals surface area contributed by atoms with Crippen molar-refractivity contribution in [3.05, 3.63) is 10.6 Å². The first-order valence-electron chi connectivity index (χ1n) is 4.43. The molecule has 0 unspecified atom stereocenters. The normalized spacial score (nSPS) is 9.79. The second-order valence-corrected chi connectivity index (χ2v) is 5.15. The van der Waals surface area contributed by atoms with Crippen molar-refractivity contribution in [3.8, 4) is 12.3 Å². The van der Waals surface area contributed by atoms with Gasteiger partial charge < -0.3 is 5.32 Å². The maximum Gasteiger partial charge on any atom is 0.183 e. The maximum atomic E-state index is 5.14. The zero-order chi connectivity index (χ0) is 10.4. The van der Waals surface area contributed by atoms with Crippen molar-refractivity contribution in [2.45, 2.75) is 13.8 Å². The molecule has 0 saturated carbocycles. The summed E-state index contributed by atoms with van der Waals surface area (Å²) in [6, 6.07) is 0. The second kappa shape index (κ2) is 5.94. The molecule has 0 saturated heterocycles. The van der Waals surface area contributed by atoms with E-state index >= 15 is 0 Å². The van der Waals surface area contributed by atoms with Crippen molar-refractivity contribution in [2.75, 3.05) is 23.4 Å². The van der Waals surface area contributed by atoms with E-state index in [1.54, 1.807) is 23.1 Å². The predicted octanol–water partition coefficient (Wildman–Crippen LogP) is 2.54. The lowest BCUT2D eigenvalue weighted by Crippen LogP contribution is -2.03. The molecule has 1 N–H and O–H groups in total. The van der Waals surface area contributed by atoms with E-state index in [-0.39, 0.29) is 0 Å². The van der Waals surface area contributed by atoms with E-state index in [0.29, 0.717) is 0 Å². The highest BCUT2D eigenvalue weighted by Gasteiger charge is 2.01. The van der Waals surface area contributed by atoms with Gasteiger partial charge in [0.1, 0.15) is 0 Å². The molecule has 0 radical (unpaired) electrons. The molecule has 4 heteroatoms. The van der Waals surface area contributed by atoms with Crippen LogP contribution in [0.3, 0.4) is 0 Å². The second-order valence-electron chi connectivity index (χ2n) is 2.84. The van der Waals surface area contributed by atoms with E-state index in [1.165, 1.54) is 4.88 Å². The lowest BCUT2D eigenvalue weighted by atomic mass is 10.4. The number of nitrogens with one attached hydrogen (secondary N) is 1. The molecule has 2 nitrogen and oxygen atoms in total. The minimum Gasteiger partial charge on any atom is -0.361 e. The van der Waals surface area contributed by atoms with Crippen molar-refractivity contribution in [3.63, 3.8) is 0 Å². The summed E-state index contributed by atoms with van der Waals surface area (Å²) in [6.45, 7) is 5.05. The van der Waals surface area contributed by atoms with E-state index in [2.05, 4.69) is 23.1 Å². The number of thiazole rings is 1. The van der Waals surface area contributed by atoms with Crippen LogP contribution in [0.5, 0.6) is 0 Å². The Morgan fingerprint density at radius 3 is 2.93 bits per heavy atom. The van der Waals surface area contributed by atoms with Crippen LogP contribution < -0.4 is 5.32 Å². The summed E-state index contributed by atoms with van der Waals surface area (Å²) >= 11 is 3.47. The van der Waals surface area contributed by atoms with Gasteiger partial charge in [0.15, 0.2) is 5.13 Å². The summed E-state index contributed by atoms with van der Waals surface area (Å²) in [6.07, 6.45) is 5.14. The highest BCUT2D eigenvalue weighted by Crippen LogP contribution is 2.20. The van der Waals surface area contributed by atoms with Gasteiger partial charge in [0.2, 0.25) is 0 Å². The van der Waals surface area contributed by atoms with Crippen LogP contribution >= 0.6 is 23.1 Å². The number of nitrogens with zero attached hydrogens (tertiary/aromatic N) is 1. The number of hydrogen-bond acceptors (Lipinski definition) is 4. The van der Waals surface area contributed by atoms with Gasteiger partial charge in [-0.2, -0.15) is 0 Å². The van der Waals surface area contributed by atoms with E-state index < -0.39 is 0 Å². The molecule has 1 rings (SSSR count). The Morgan fingerprint density at radius 1 is 1.57 bits per heavy atom. The van der Waals surface area contributed by atoms with Crippen molar-refractivity contribution in [2.24, 2.45) is 0 Å². The maximum absolute atomic E-state index is 5.14. The van der Waals surface area contributed by atoms with Crippen LogP contribution in [0, 0.1) is 26.2 Å². The number of rotatable bonds is 5. The van der Waals surface area contributed by atoms with E-state index in [4.69, 9.17) is 6.42 Å². The van der Waals surface area contributed by atoms with E-state index in [1.807, 2.05) is 6.92 Å². The molecule has 0 aliphatic rings. The van der Waals surface area contributed by atoms with Crippen LogP contribution in [-0.4, -0.2) is 23.0 Å². The van der Waals surface area contributed by atoms with Crippen LogP contribution in [0.1, 0.15) is 10.6 Å². The largest absolute Gasteiger partial charge is 0.361 e. The Kier molecular flexibility index (Phi) is 4.85. The third-order valence-electron chi connectivity index (χ3n) is 1.74. The number of aryl methyl sites for hydroxylation is 2. The Balaban J connectivity index is 2.22. The molecular weight excluding hydrogens is 212 g/mol. The van der Waals surface area contributed by atoms with Gasteiger partial charge in [0.25, 0.3) is 0 Å². The fourth-order valence-corrected chi connectivity index (χ4v) is 2.26. The zero-order valence-corrected chi connectivity index (χ0v) is 10.1. The zero-order valence-electron chi connectivity index (χ0n) is 8.46. The van der Waals surface area contributed by atoms with Gasteiger partial charge in [-0.1, -0.05) is 5.92 Å². The lowest BCUT2D eigenvalue weighted by Gasteiger charge is -1.99. The van der Waals surface area contributed by atoms with Crippen LogP contribution in [0.2, 0.25) is 0 Å². The van der Waals surface area contributed by atoms with Crippen LogP contribution in [0.15, 0.2) is 0 Å². The van der Waals surface area contributed by atoms with Gasteiger partial charge in [-0.25, -0.2) is 4.98 Å². The molecule has 0 spiro atoms. The molecule has 0 amide bonds. The minimum absolute atomic E-state index is 0.789. The van der Waals surface area contributed by atoms with Gasteiger partial charge >= 0.3 is 0 Å². The molecule has 0 fully saturated rings. The number of terminal acetylenes is 1. The molecule has 0 aliphatic carbocycles. The molecule has 1 heterocycles. The quantitative estimate of drug-likeness (QED) is 0.617. The van der Waals surface area contributed by atoms with Crippen LogP contribution in [0.4, 0.5) is 5.13 Å². The number of thioether (sulfide) groups is 1. The summed E-state index contributed by atoms with van der Waals surface area (Å²) < 4.78 is 0. The Labute approximate surface area is 93.5 Å². The molecule has 0 aromatic carbocycles. The summed E-state index contributed by atoms with van der Waals surface area (Å²) in [5.41, 5.74) is 1.12. The third kappa shape index (κ3) is 3.60. The Bertz CT molecular complexity index is 306. The first-order chi connectivity index (χ1) is 6.74. The standard InChI is InChI=1S/C10H14N2S2/c1-4-6-13-7-5-11-10-12-8(2)9(3)14-10/h1H,5-7H2,2-3H3,(H,11,12). The summed E-state index contributed by atoms with van der Waals surface area (Å²) in [7, 11) is 0. The summed E-state index contributed by atoms with van der Waals surface area (Å²) in [5, 5.41) is 4.30. The molecule has 1 aromatic rings. The van der Waals surface area contributed by atoms with Gasteiger partial charge in [0.05, 0.1) is 11.4 Å². The van der Waals surface area contributed by atoms with E-state index in [9.17, 15) is 0 Å². The van der Waals surface area contributed by atoms with Gasteiger partial charge in [0, 0.05) is 17.2 Å². The molecule has 0 bridgehead atoms. The van der Waals surface area contributed by atoms with Crippen molar-refractivity contribution in [1.82, 2.24) is 4.98 Å². The fourth-order valence-electron chi connectivity index (χ4n) is 0.910. The Morgan fingerprint density at radius 2 is 2.36 bits per heavy atom. The molecule has 1 aromatic heterocycles. The molecular formula is C10H14N2S2. The molecule has 0 atom stereocenters. The highest BCUT2D eigenvalue weighted by atomic mass is 32.2. The summed E-state index contributed by atoms with van der Waals surface area (Å²) in [4.78, 5) is 5.67. The lowest BCUT2D eigenvalue weighted by molar-refractivity contribution is 1.17. The smallest absolute Gasteiger partial charge is 0.183 e. The number of anilines is 1. The molecule has 14 heavy (non-hydrogen) atoms. The number of hydrogen-bond donors (Lipinski definition) is 1. The third-order valence-corrected chi connectivity index (χ3v) is 3.63. The van der Waals surface area contributed by atoms with Crippen molar-refractivity contribution in [1.29, 1.82) is 0 Å². The predicted molar refractivity (Wildman–Crippen MR) is 66.2 cm³/mol. The summed E-state index contributed by atoms with van der Waals surface area (Å²) in [5.74, 6) is 4.42. The van der Waals surface area contributed by atoms with E-state index in [0.717, 1.165) is 28.9 Å². The highest BCUT2D eigenvalue weighted by molar-refractivity contribution is 7.99. The topological polar surface area (TPSA) is 24.9 Å². The monoisotopic (exact) mass is 226 g/mol. The first kappa shape index (κ1) is 11.4. The SMILES string of the molecule is C#CCSCCNc1nc(C)c(C)s1. The average Bonchev–Trinajstić information content (AvgIpc) is 2.46.